The van der Waals surface area contributed by atoms with Gasteiger partial charge in [-0.2, -0.15) is 0 Å². The van der Waals surface area contributed by atoms with Crippen molar-refractivity contribution in [1.82, 2.24) is 5.32 Å². The maximum absolute atomic E-state index is 12.4. The van der Waals surface area contributed by atoms with Crippen LogP contribution < -0.4 is 11.1 Å². The van der Waals surface area contributed by atoms with Crippen molar-refractivity contribution in [2.75, 3.05) is 6.54 Å². The van der Waals surface area contributed by atoms with E-state index in [4.69, 9.17) is 5.73 Å². The molecule has 1 aromatic rings. The summed E-state index contributed by atoms with van der Waals surface area (Å²) >= 11 is 3.44. The van der Waals surface area contributed by atoms with Gasteiger partial charge in [-0.25, -0.2) is 0 Å². The van der Waals surface area contributed by atoms with Crippen molar-refractivity contribution < 1.29 is 4.79 Å². The molecule has 0 aliphatic rings. The molecule has 0 saturated carbocycles. The van der Waals surface area contributed by atoms with Crippen LogP contribution in [0.5, 0.6) is 0 Å². The fraction of sp³-hybridized carbons (Fsp3) is 0.533. The summed E-state index contributed by atoms with van der Waals surface area (Å²) in [5.74, 6) is 0.0486. The largest absolute Gasteiger partial charge is 0.349 e. The predicted molar refractivity (Wildman–Crippen MR) is 82.8 cm³/mol. The first-order chi connectivity index (χ1) is 8.99. The minimum absolute atomic E-state index is 0.0194. The number of rotatable bonds is 6. The second-order valence-corrected chi connectivity index (χ2v) is 5.86. The molecule has 1 atom stereocenters. The second kappa shape index (κ2) is 7.06. The first-order valence-corrected chi connectivity index (χ1v) is 7.55. The van der Waals surface area contributed by atoms with E-state index in [-0.39, 0.29) is 11.9 Å². The monoisotopic (exact) mass is 326 g/mol. The highest BCUT2D eigenvalue weighted by Crippen LogP contribution is 2.27. The molecule has 0 unspecified atom stereocenters. The van der Waals surface area contributed by atoms with E-state index in [0.29, 0.717) is 6.54 Å². The van der Waals surface area contributed by atoms with Crippen molar-refractivity contribution in [3.05, 3.63) is 34.3 Å². The number of carbonyl (C=O) groups excluding carboxylic acids is 1. The third kappa shape index (κ3) is 3.80. The molecule has 1 amide bonds. The lowest BCUT2D eigenvalue weighted by atomic mass is 9.81. The number of hydrogen-bond acceptors (Lipinski definition) is 2. The van der Waals surface area contributed by atoms with Gasteiger partial charge in [0.15, 0.2) is 0 Å². The molecule has 0 bridgehead atoms. The van der Waals surface area contributed by atoms with Gasteiger partial charge in [0.05, 0.1) is 11.5 Å². The topological polar surface area (TPSA) is 55.1 Å². The standard InChI is InChI=1S/C15H23BrN2O/c1-4-15(5-2,10-17)14(19)18-11(3)12-7-6-8-13(16)9-12/h6-9,11H,4-5,10,17H2,1-3H3,(H,18,19)/t11-/m1/s1. The van der Waals surface area contributed by atoms with E-state index in [1.54, 1.807) is 0 Å². The van der Waals surface area contributed by atoms with Crippen LogP contribution in [0, 0.1) is 5.41 Å². The van der Waals surface area contributed by atoms with Gasteiger partial charge in [-0.05, 0) is 37.5 Å². The number of hydrogen-bond donors (Lipinski definition) is 2. The van der Waals surface area contributed by atoms with Crippen molar-refractivity contribution in [3.63, 3.8) is 0 Å². The molecular weight excluding hydrogens is 304 g/mol. The van der Waals surface area contributed by atoms with E-state index in [2.05, 4.69) is 21.2 Å². The molecule has 0 aromatic heterocycles. The molecule has 0 aliphatic heterocycles. The van der Waals surface area contributed by atoms with E-state index >= 15 is 0 Å². The predicted octanol–water partition coefficient (Wildman–Crippen LogP) is 3.39. The summed E-state index contributed by atoms with van der Waals surface area (Å²) in [5.41, 5.74) is 6.44. The first-order valence-electron chi connectivity index (χ1n) is 6.75. The SMILES string of the molecule is CCC(CC)(CN)C(=O)N[C@H](C)c1cccc(Br)c1. The molecule has 0 heterocycles. The number of benzene rings is 1. The Morgan fingerprint density at radius 2 is 2.05 bits per heavy atom. The van der Waals surface area contributed by atoms with Gasteiger partial charge < -0.3 is 11.1 Å². The molecule has 0 radical (unpaired) electrons. The average Bonchev–Trinajstić information content (AvgIpc) is 2.41. The Balaban J connectivity index is 2.81. The summed E-state index contributed by atoms with van der Waals surface area (Å²) in [6.45, 7) is 6.41. The molecule has 0 saturated heterocycles. The number of nitrogens with two attached hydrogens (primary N) is 1. The summed E-state index contributed by atoms with van der Waals surface area (Å²) in [7, 11) is 0. The maximum atomic E-state index is 12.4. The molecule has 0 aliphatic carbocycles. The Kier molecular flexibility index (Phi) is 6.01. The van der Waals surface area contributed by atoms with Crippen LogP contribution in [0.25, 0.3) is 0 Å². The average molecular weight is 327 g/mol. The molecule has 19 heavy (non-hydrogen) atoms. The second-order valence-electron chi connectivity index (χ2n) is 4.94. The molecular formula is C15H23BrN2O. The molecule has 1 aromatic carbocycles. The van der Waals surface area contributed by atoms with Crippen LogP contribution in [0.2, 0.25) is 0 Å². The van der Waals surface area contributed by atoms with Gasteiger partial charge in [-0.15, -0.1) is 0 Å². The summed E-state index contributed by atoms with van der Waals surface area (Å²) in [5, 5.41) is 3.08. The highest BCUT2D eigenvalue weighted by atomic mass is 79.9. The highest BCUT2D eigenvalue weighted by molar-refractivity contribution is 9.10. The summed E-state index contributed by atoms with van der Waals surface area (Å²) < 4.78 is 1.02. The fourth-order valence-corrected chi connectivity index (χ4v) is 2.58. The van der Waals surface area contributed by atoms with E-state index < -0.39 is 5.41 Å². The van der Waals surface area contributed by atoms with Crippen molar-refractivity contribution in [2.24, 2.45) is 11.1 Å². The number of nitrogens with one attached hydrogen (secondary N) is 1. The van der Waals surface area contributed by atoms with E-state index in [1.165, 1.54) is 0 Å². The van der Waals surface area contributed by atoms with Gasteiger partial charge in [0.25, 0.3) is 0 Å². The molecule has 3 nitrogen and oxygen atoms in total. The lowest BCUT2D eigenvalue weighted by Gasteiger charge is -2.30. The summed E-state index contributed by atoms with van der Waals surface area (Å²) in [4.78, 5) is 12.4. The molecule has 4 heteroatoms. The Labute approximate surface area is 124 Å². The van der Waals surface area contributed by atoms with Crippen LogP contribution in [0.4, 0.5) is 0 Å². The molecule has 1 rings (SSSR count). The van der Waals surface area contributed by atoms with Gasteiger partial charge >= 0.3 is 0 Å². The third-order valence-corrected chi connectivity index (χ3v) is 4.42. The van der Waals surface area contributed by atoms with Crippen molar-refractivity contribution in [2.45, 2.75) is 39.7 Å². The normalized spacial score (nSPS) is 13.1. The number of amides is 1. The summed E-state index contributed by atoms with van der Waals surface area (Å²) in [6.07, 6.45) is 1.52. The molecule has 0 spiro atoms. The molecule has 106 valence electrons. The van der Waals surface area contributed by atoms with Gasteiger partial charge in [0.1, 0.15) is 0 Å². The van der Waals surface area contributed by atoms with Crippen LogP contribution in [-0.4, -0.2) is 12.5 Å². The highest BCUT2D eigenvalue weighted by Gasteiger charge is 2.33. The Morgan fingerprint density at radius 3 is 2.53 bits per heavy atom. The Bertz CT molecular complexity index is 422. The van der Waals surface area contributed by atoms with Gasteiger partial charge in [0, 0.05) is 11.0 Å². The Morgan fingerprint density at radius 1 is 1.42 bits per heavy atom. The van der Waals surface area contributed by atoms with E-state index in [9.17, 15) is 4.79 Å². The summed E-state index contributed by atoms with van der Waals surface area (Å²) in [6, 6.07) is 7.96. The minimum atomic E-state index is -0.444. The zero-order chi connectivity index (χ0) is 14.5. The quantitative estimate of drug-likeness (QED) is 0.841. The minimum Gasteiger partial charge on any atom is -0.349 e. The molecule has 0 fully saturated rings. The van der Waals surface area contributed by atoms with Crippen LogP contribution >= 0.6 is 15.9 Å². The maximum Gasteiger partial charge on any atom is 0.227 e. The van der Waals surface area contributed by atoms with Crippen molar-refractivity contribution in [3.8, 4) is 0 Å². The third-order valence-electron chi connectivity index (χ3n) is 3.92. The number of halogens is 1. The van der Waals surface area contributed by atoms with Crippen LogP contribution in [0.1, 0.15) is 45.2 Å². The lowest BCUT2D eigenvalue weighted by Crippen LogP contribution is -2.46. The lowest BCUT2D eigenvalue weighted by molar-refractivity contribution is -0.131. The van der Waals surface area contributed by atoms with Crippen molar-refractivity contribution in [1.29, 1.82) is 0 Å². The van der Waals surface area contributed by atoms with Crippen LogP contribution in [0.3, 0.4) is 0 Å². The Hall–Kier alpha value is -0.870. The van der Waals surface area contributed by atoms with Crippen molar-refractivity contribution >= 4 is 21.8 Å². The van der Waals surface area contributed by atoms with Crippen LogP contribution in [-0.2, 0) is 4.79 Å². The fourth-order valence-electron chi connectivity index (χ4n) is 2.16. The van der Waals surface area contributed by atoms with Gasteiger partial charge in [-0.1, -0.05) is 41.9 Å². The van der Waals surface area contributed by atoms with Gasteiger partial charge in [0.2, 0.25) is 5.91 Å². The number of carbonyl (C=O) groups is 1. The zero-order valence-electron chi connectivity index (χ0n) is 11.9. The van der Waals surface area contributed by atoms with Crippen LogP contribution in [0.15, 0.2) is 28.7 Å². The smallest absolute Gasteiger partial charge is 0.227 e. The van der Waals surface area contributed by atoms with E-state index in [0.717, 1.165) is 22.9 Å². The first kappa shape index (κ1) is 16.2. The van der Waals surface area contributed by atoms with E-state index in [1.807, 2.05) is 45.0 Å². The van der Waals surface area contributed by atoms with Gasteiger partial charge in [-0.3, -0.25) is 4.79 Å². The molecule has 3 N–H and O–H groups in total. The zero-order valence-corrected chi connectivity index (χ0v) is 13.5.